The average molecular weight is 275 g/mol. The molecule has 0 aromatic heterocycles. The van der Waals surface area contributed by atoms with Crippen LogP contribution in [0.15, 0.2) is 48.5 Å². The van der Waals surface area contributed by atoms with Crippen molar-refractivity contribution in [3.8, 4) is 0 Å². The second kappa shape index (κ2) is 6.14. The summed E-state index contributed by atoms with van der Waals surface area (Å²) >= 11 is 0. The van der Waals surface area contributed by atoms with Crippen molar-refractivity contribution in [3.05, 3.63) is 71.3 Å². The van der Waals surface area contributed by atoms with Crippen LogP contribution in [0.2, 0.25) is 0 Å². The summed E-state index contributed by atoms with van der Waals surface area (Å²) in [6.07, 6.45) is 1.56. The number of likely N-dealkylation sites (N-methyl/N-ethyl adjacent to an activating group) is 1. The highest BCUT2D eigenvalue weighted by Gasteiger charge is 2.23. The predicted molar refractivity (Wildman–Crippen MR) is 77.7 cm³/mol. The maximum absolute atomic E-state index is 12.9. The van der Waals surface area contributed by atoms with Gasteiger partial charge in [-0.1, -0.05) is 24.3 Å². The fourth-order valence-corrected chi connectivity index (χ4v) is 2.34. The molecule has 0 unspecified atom stereocenters. The molecule has 106 valence electrons. The van der Waals surface area contributed by atoms with Crippen molar-refractivity contribution < 1.29 is 8.78 Å². The van der Waals surface area contributed by atoms with Crippen LogP contribution in [0.25, 0.3) is 0 Å². The van der Waals surface area contributed by atoms with E-state index in [2.05, 4.69) is 12.2 Å². The van der Waals surface area contributed by atoms with Gasteiger partial charge in [-0.3, -0.25) is 0 Å². The van der Waals surface area contributed by atoms with E-state index >= 15 is 0 Å². The number of hydrogen-bond acceptors (Lipinski definition) is 1. The van der Waals surface area contributed by atoms with Crippen molar-refractivity contribution in [3.63, 3.8) is 0 Å². The van der Waals surface area contributed by atoms with Gasteiger partial charge < -0.3 is 5.32 Å². The van der Waals surface area contributed by atoms with Crippen LogP contribution in [0.3, 0.4) is 0 Å². The van der Waals surface area contributed by atoms with Gasteiger partial charge in [-0.05, 0) is 62.2 Å². The van der Waals surface area contributed by atoms with E-state index < -0.39 is 0 Å². The smallest absolute Gasteiger partial charge is 0.123 e. The molecule has 0 aliphatic carbocycles. The first-order valence-corrected chi connectivity index (χ1v) is 6.68. The lowest BCUT2D eigenvalue weighted by Gasteiger charge is -2.30. The molecular weight excluding hydrogens is 256 g/mol. The van der Waals surface area contributed by atoms with E-state index in [0.29, 0.717) is 0 Å². The maximum Gasteiger partial charge on any atom is 0.123 e. The molecule has 0 radical (unpaired) electrons. The van der Waals surface area contributed by atoms with Crippen molar-refractivity contribution in [1.29, 1.82) is 0 Å². The lowest BCUT2D eigenvalue weighted by Crippen LogP contribution is -2.44. The van der Waals surface area contributed by atoms with Crippen LogP contribution in [0.1, 0.15) is 18.1 Å². The number of nitrogens with one attached hydrogen (secondary N) is 1. The number of benzene rings is 2. The molecule has 2 rings (SSSR count). The number of rotatable bonds is 5. The second-order valence-corrected chi connectivity index (χ2v) is 5.42. The molecule has 0 fully saturated rings. The van der Waals surface area contributed by atoms with E-state index in [4.69, 9.17) is 0 Å². The van der Waals surface area contributed by atoms with E-state index in [-0.39, 0.29) is 17.2 Å². The maximum atomic E-state index is 12.9. The topological polar surface area (TPSA) is 12.0 Å². The molecular formula is C17H19F2N. The zero-order valence-corrected chi connectivity index (χ0v) is 11.8. The van der Waals surface area contributed by atoms with Gasteiger partial charge in [0, 0.05) is 5.54 Å². The Labute approximate surface area is 118 Å². The minimum atomic E-state index is -0.224. The third kappa shape index (κ3) is 3.87. The lowest BCUT2D eigenvalue weighted by atomic mass is 9.86. The van der Waals surface area contributed by atoms with Gasteiger partial charge in [0.25, 0.3) is 0 Å². The van der Waals surface area contributed by atoms with E-state index in [0.717, 1.165) is 24.0 Å². The highest BCUT2D eigenvalue weighted by molar-refractivity contribution is 5.23. The van der Waals surface area contributed by atoms with Crippen LogP contribution in [0.4, 0.5) is 8.78 Å². The minimum Gasteiger partial charge on any atom is -0.314 e. The Morgan fingerprint density at radius 2 is 1.15 bits per heavy atom. The first-order chi connectivity index (χ1) is 9.50. The summed E-state index contributed by atoms with van der Waals surface area (Å²) in [4.78, 5) is 0. The third-order valence-corrected chi connectivity index (χ3v) is 3.62. The van der Waals surface area contributed by atoms with Crippen LogP contribution in [0, 0.1) is 11.6 Å². The molecule has 0 atom stereocenters. The quantitative estimate of drug-likeness (QED) is 0.876. The Morgan fingerprint density at radius 1 is 0.800 bits per heavy atom. The Morgan fingerprint density at radius 3 is 1.45 bits per heavy atom. The molecule has 1 N–H and O–H groups in total. The number of halogens is 2. The molecule has 0 bridgehead atoms. The molecule has 0 saturated carbocycles. The molecule has 3 heteroatoms. The Balaban J connectivity index is 2.12. The van der Waals surface area contributed by atoms with Gasteiger partial charge in [-0.15, -0.1) is 0 Å². The summed E-state index contributed by atoms with van der Waals surface area (Å²) in [5, 5.41) is 3.32. The van der Waals surface area contributed by atoms with Crippen LogP contribution < -0.4 is 5.32 Å². The van der Waals surface area contributed by atoms with E-state index in [1.54, 1.807) is 24.3 Å². The summed E-state index contributed by atoms with van der Waals surface area (Å²) in [5.74, 6) is -0.447. The average Bonchev–Trinajstić information content (AvgIpc) is 2.44. The second-order valence-electron chi connectivity index (χ2n) is 5.42. The van der Waals surface area contributed by atoms with E-state index in [9.17, 15) is 8.78 Å². The highest BCUT2D eigenvalue weighted by atomic mass is 19.1. The Kier molecular flexibility index (Phi) is 4.50. The summed E-state index contributed by atoms with van der Waals surface area (Å²) in [7, 11) is 1.91. The summed E-state index contributed by atoms with van der Waals surface area (Å²) in [5.41, 5.74) is 1.99. The zero-order chi connectivity index (χ0) is 14.6. The molecule has 0 amide bonds. The van der Waals surface area contributed by atoms with Gasteiger partial charge in [0.2, 0.25) is 0 Å². The fourth-order valence-electron chi connectivity index (χ4n) is 2.34. The molecule has 0 aliphatic rings. The van der Waals surface area contributed by atoms with Gasteiger partial charge in [-0.25, -0.2) is 8.78 Å². The number of hydrogen-bond donors (Lipinski definition) is 1. The standard InChI is InChI=1S/C17H19F2N/c1-17(20-2,11-13-3-7-15(18)8-4-13)12-14-5-9-16(19)10-6-14/h3-10,20H,11-12H2,1-2H3. The predicted octanol–water partition coefficient (Wildman–Crippen LogP) is 3.73. The highest BCUT2D eigenvalue weighted by Crippen LogP contribution is 2.19. The molecule has 1 nitrogen and oxygen atoms in total. The van der Waals surface area contributed by atoms with Crippen molar-refractivity contribution in [2.24, 2.45) is 0 Å². The normalized spacial score (nSPS) is 11.6. The fraction of sp³-hybridized carbons (Fsp3) is 0.294. The van der Waals surface area contributed by atoms with Crippen LogP contribution in [-0.2, 0) is 12.8 Å². The molecule has 0 heterocycles. The van der Waals surface area contributed by atoms with Crippen LogP contribution in [-0.4, -0.2) is 12.6 Å². The Hall–Kier alpha value is -1.74. The largest absolute Gasteiger partial charge is 0.314 e. The minimum absolute atomic E-state index is 0.157. The van der Waals surface area contributed by atoms with Gasteiger partial charge in [0.15, 0.2) is 0 Å². The lowest BCUT2D eigenvalue weighted by molar-refractivity contribution is 0.379. The van der Waals surface area contributed by atoms with Gasteiger partial charge in [-0.2, -0.15) is 0 Å². The molecule has 0 spiro atoms. The van der Waals surface area contributed by atoms with Gasteiger partial charge >= 0.3 is 0 Å². The van der Waals surface area contributed by atoms with Crippen LogP contribution in [0.5, 0.6) is 0 Å². The van der Waals surface area contributed by atoms with E-state index in [1.807, 2.05) is 7.05 Å². The molecule has 2 aromatic rings. The SMILES string of the molecule is CNC(C)(Cc1ccc(F)cc1)Cc1ccc(F)cc1. The van der Waals surface area contributed by atoms with Gasteiger partial charge in [0.05, 0.1) is 0 Å². The molecule has 0 saturated heterocycles. The summed E-state index contributed by atoms with van der Waals surface area (Å²) < 4.78 is 25.9. The first kappa shape index (κ1) is 14.7. The Bertz CT molecular complexity index is 499. The molecule has 2 aromatic carbocycles. The van der Waals surface area contributed by atoms with Crippen molar-refractivity contribution in [1.82, 2.24) is 5.32 Å². The van der Waals surface area contributed by atoms with E-state index in [1.165, 1.54) is 24.3 Å². The van der Waals surface area contributed by atoms with Crippen molar-refractivity contribution >= 4 is 0 Å². The zero-order valence-electron chi connectivity index (χ0n) is 11.8. The monoisotopic (exact) mass is 275 g/mol. The summed E-state index contributed by atoms with van der Waals surface area (Å²) in [6, 6.07) is 13.1. The first-order valence-electron chi connectivity index (χ1n) is 6.68. The van der Waals surface area contributed by atoms with Gasteiger partial charge in [0.1, 0.15) is 11.6 Å². The van der Waals surface area contributed by atoms with Crippen molar-refractivity contribution in [2.75, 3.05) is 7.05 Å². The molecule has 0 aliphatic heterocycles. The third-order valence-electron chi connectivity index (χ3n) is 3.62. The van der Waals surface area contributed by atoms with Crippen LogP contribution >= 0.6 is 0 Å². The summed E-state index contributed by atoms with van der Waals surface area (Å²) in [6.45, 7) is 2.11. The molecule has 20 heavy (non-hydrogen) atoms. The van der Waals surface area contributed by atoms with Crippen molar-refractivity contribution in [2.45, 2.75) is 25.3 Å².